The Bertz CT molecular complexity index is 1210. The van der Waals surface area contributed by atoms with Crippen molar-refractivity contribution in [2.75, 3.05) is 0 Å². The molecule has 194 valence electrons. The van der Waals surface area contributed by atoms with E-state index in [9.17, 15) is 18.1 Å². The highest BCUT2D eigenvalue weighted by Crippen LogP contribution is 2.39. The monoisotopic (exact) mass is 510 g/mol. The van der Waals surface area contributed by atoms with Crippen LogP contribution in [0, 0.1) is 0 Å². The van der Waals surface area contributed by atoms with E-state index in [-0.39, 0.29) is 28.1 Å². The molecule has 0 aliphatic rings. The van der Waals surface area contributed by atoms with Crippen molar-refractivity contribution in [3.8, 4) is 11.5 Å². The molecule has 0 heterocycles. The molecule has 0 spiro atoms. The minimum Gasteiger partial charge on any atom is -0.508 e. The number of ether oxygens (including phenoxy) is 1. The van der Waals surface area contributed by atoms with Gasteiger partial charge < -0.3 is 9.84 Å². The van der Waals surface area contributed by atoms with E-state index >= 15 is 0 Å². The molecular formula is C30H38O5S. The maximum Gasteiger partial charge on any atom is 0.294 e. The predicted octanol–water partition coefficient (Wildman–Crippen LogP) is 7.68. The molecule has 3 aromatic carbocycles. The Morgan fingerprint density at radius 1 is 0.778 bits per heavy atom. The van der Waals surface area contributed by atoms with E-state index in [1.165, 1.54) is 23.3 Å². The lowest BCUT2D eigenvalue weighted by atomic mass is 9.78. The second kappa shape index (κ2) is 11.5. The molecule has 5 nitrogen and oxygen atoms in total. The molecule has 0 fully saturated rings. The predicted molar refractivity (Wildman–Crippen MR) is 145 cm³/mol. The first-order chi connectivity index (χ1) is 16.9. The standard InChI is InChI=1S/C30H38O5S/c1-6-22(24-11-17-29(18-12-24)36(32,33)34)20-26(25-7-13-27(31)14-8-25)19-21(2)23-9-15-28(16-10-23)35-30(3,4)5/h7-18,21-22,26,31H,6,19-20H2,1-5H3,(H,32,33,34). The van der Waals surface area contributed by atoms with Crippen molar-refractivity contribution in [3.05, 3.63) is 89.5 Å². The molecule has 0 aliphatic heterocycles. The summed E-state index contributed by atoms with van der Waals surface area (Å²) in [6, 6.07) is 22.3. The van der Waals surface area contributed by atoms with Gasteiger partial charge >= 0.3 is 0 Å². The minimum absolute atomic E-state index is 0.0938. The van der Waals surface area contributed by atoms with E-state index in [4.69, 9.17) is 4.74 Å². The summed E-state index contributed by atoms with van der Waals surface area (Å²) in [5.41, 5.74) is 3.21. The van der Waals surface area contributed by atoms with Crippen LogP contribution in [0.4, 0.5) is 0 Å². The van der Waals surface area contributed by atoms with Gasteiger partial charge in [-0.3, -0.25) is 4.55 Å². The van der Waals surface area contributed by atoms with Crippen LogP contribution in [0.1, 0.15) is 88.3 Å². The van der Waals surface area contributed by atoms with Gasteiger partial charge in [0.05, 0.1) is 4.90 Å². The Morgan fingerprint density at radius 2 is 1.28 bits per heavy atom. The fourth-order valence-corrected chi connectivity index (χ4v) is 5.17. The second-order valence-electron chi connectivity index (χ2n) is 10.6. The summed E-state index contributed by atoms with van der Waals surface area (Å²) in [6.07, 6.45) is 2.69. The second-order valence-corrected chi connectivity index (χ2v) is 12.0. The summed E-state index contributed by atoms with van der Waals surface area (Å²) < 4.78 is 38.2. The lowest BCUT2D eigenvalue weighted by Gasteiger charge is -2.27. The third-order valence-corrected chi connectivity index (χ3v) is 7.45. The SMILES string of the molecule is CCC(CC(CC(C)c1ccc(OC(C)(C)C)cc1)c1ccc(O)cc1)c1ccc(S(=O)(=O)O)cc1. The average Bonchev–Trinajstić information content (AvgIpc) is 2.81. The van der Waals surface area contributed by atoms with Crippen LogP contribution in [0.5, 0.6) is 11.5 Å². The first-order valence-electron chi connectivity index (χ1n) is 12.5. The van der Waals surface area contributed by atoms with E-state index < -0.39 is 10.1 Å². The lowest BCUT2D eigenvalue weighted by Crippen LogP contribution is -2.22. The number of phenolic OH excluding ortho intramolecular Hbond substituents is 1. The van der Waals surface area contributed by atoms with Gasteiger partial charge in [-0.05, 0) is 111 Å². The molecule has 3 unspecified atom stereocenters. The zero-order valence-electron chi connectivity index (χ0n) is 21.8. The molecule has 3 aromatic rings. The Labute approximate surface area is 215 Å². The molecule has 36 heavy (non-hydrogen) atoms. The van der Waals surface area contributed by atoms with Crippen LogP contribution in [0.15, 0.2) is 77.7 Å². The third-order valence-electron chi connectivity index (χ3n) is 6.59. The maximum atomic E-state index is 11.4. The molecule has 0 saturated carbocycles. The van der Waals surface area contributed by atoms with Gasteiger partial charge in [-0.2, -0.15) is 8.42 Å². The Hall–Kier alpha value is -2.83. The van der Waals surface area contributed by atoms with Gasteiger partial charge in [-0.25, -0.2) is 0 Å². The third kappa shape index (κ3) is 7.84. The highest BCUT2D eigenvalue weighted by molar-refractivity contribution is 7.85. The minimum atomic E-state index is -4.21. The van der Waals surface area contributed by atoms with Crippen molar-refractivity contribution in [1.29, 1.82) is 0 Å². The Kier molecular flexibility index (Phi) is 8.85. The molecule has 2 N–H and O–H groups in total. The van der Waals surface area contributed by atoms with Gasteiger partial charge in [0.25, 0.3) is 10.1 Å². The highest BCUT2D eigenvalue weighted by Gasteiger charge is 2.23. The molecule has 0 amide bonds. The van der Waals surface area contributed by atoms with Gasteiger partial charge in [0, 0.05) is 0 Å². The first kappa shape index (κ1) is 27.8. The number of phenols is 1. The number of benzene rings is 3. The molecule has 0 aliphatic carbocycles. The van der Waals surface area contributed by atoms with E-state index in [0.29, 0.717) is 5.92 Å². The van der Waals surface area contributed by atoms with Crippen molar-refractivity contribution in [2.24, 2.45) is 0 Å². The Morgan fingerprint density at radius 3 is 1.78 bits per heavy atom. The number of rotatable bonds is 10. The largest absolute Gasteiger partial charge is 0.508 e. The van der Waals surface area contributed by atoms with Gasteiger partial charge in [0.15, 0.2) is 0 Å². The fraction of sp³-hybridized carbons (Fsp3) is 0.400. The van der Waals surface area contributed by atoms with Crippen LogP contribution < -0.4 is 4.74 Å². The molecule has 0 radical (unpaired) electrons. The maximum absolute atomic E-state index is 11.4. The molecule has 0 bridgehead atoms. The van der Waals surface area contributed by atoms with Crippen LogP contribution in [0.2, 0.25) is 0 Å². The van der Waals surface area contributed by atoms with Crippen molar-refractivity contribution in [2.45, 2.75) is 82.1 Å². The molecule has 3 atom stereocenters. The summed E-state index contributed by atoms with van der Waals surface area (Å²) in [5.74, 6) is 1.85. The molecule has 0 aromatic heterocycles. The van der Waals surface area contributed by atoms with E-state index in [1.54, 1.807) is 24.3 Å². The van der Waals surface area contributed by atoms with Crippen molar-refractivity contribution >= 4 is 10.1 Å². The summed E-state index contributed by atoms with van der Waals surface area (Å²) in [6.45, 7) is 10.5. The van der Waals surface area contributed by atoms with E-state index in [2.05, 4.69) is 26.0 Å². The molecular weight excluding hydrogens is 472 g/mol. The van der Waals surface area contributed by atoms with Gasteiger partial charge in [-0.1, -0.05) is 50.2 Å². The summed E-state index contributed by atoms with van der Waals surface area (Å²) in [4.78, 5) is -0.0938. The van der Waals surface area contributed by atoms with Crippen LogP contribution in [0.25, 0.3) is 0 Å². The smallest absolute Gasteiger partial charge is 0.294 e. The number of hydrogen-bond acceptors (Lipinski definition) is 4. The Balaban J connectivity index is 1.83. The number of hydrogen-bond donors (Lipinski definition) is 2. The van der Waals surface area contributed by atoms with Crippen LogP contribution in [0.3, 0.4) is 0 Å². The average molecular weight is 511 g/mol. The topological polar surface area (TPSA) is 83.8 Å². The van der Waals surface area contributed by atoms with Crippen LogP contribution in [-0.4, -0.2) is 23.7 Å². The van der Waals surface area contributed by atoms with Crippen molar-refractivity contribution in [1.82, 2.24) is 0 Å². The molecule has 3 rings (SSSR count). The number of aromatic hydroxyl groups is 1. The van der Waals surface area contributed by atoms with Crippen LogP contribution >= 0.6 is 0 Å². The van der Waals surface area contributed by atoms with E-state index in [0.717, 1.165) is 30.6 Å². The van der Waals surface area contributed by atoms with Crippen molar-refractivity contribution in [3.63, 3.8) is 0 Å². The first-order valence-corrected chi connectivity index (χ1v) is 13.9. The normalized spacial score (nSPS) is 14.7. The van der Waals surface area contributed by atoms with Crippen molar-refractivity contribution < 1.29 is 22.8 Å². The summed E-state index contributed by atoms with van der Waals surface area (Å²) in [7, 11) is -4.21. The highest BCUT2D eigenvalue weighted by atomic mass is 32.2. The summed E-state index contributed by atoms with van der Waals surface area (Å²) >= 11 is 0. The summed E-state index contributed by atoms with van der Waals surface area (Å²) in [5, 5.41) is 9.82. The lowest BCUT2D eigenvalue weighted by molar-refractivity contribution is 0.131. The zero-order chi connectivity index (χ0) is 26.5. The van der Waals surface area contributed by atoms with Gasteiger partial charge in [-0.15, -0.1) is 0 Å². The molecule has 0 saturated heterocycles. The zero-order valence-corrected chi connectivity index (χ0v) is 22.6. The van der Waals surface area contributed by atoms with Crippen LogP contribution in [-0.2, 0) is 10.1 Å². The quantitative estimate of drug-likeness (QED) is 0.273. The van der Waals surface area contributed by atoms with E-state index in [1.807, 2.05) is 45.0 Å². The van der Waals surface area contributed by atoms with Gasteiger partial charge in [0.2, 0.25) is 0 Å². The molecule has 6 heteroatoms. The fourth-order valence-electron chi connectivity index (χ4n) is 4.69. The van der Waals surface area contributed by atoms with Gasteiger partial charge in [0.1, 0.15) is 17.1 Å².